The Labute approximate surface area is 72.4 Å². The zero-order valence-corrected chi connectivity index (χ0v) is 7.14. The maximum Gasteiger partial charge on any atom is 0.107 e. The smallest absolute Gasteiger partial charge is 0.107 e. The van der Waals surface area contributed by atoms with Crippen molar-refractivity contribution >= 4 is 0 Å². The highest BCUT2D eigenvalue weighted by Gasteiger charge is 2.09. The van der Waals surface area contributed by atoms with Crippen molar-refractivity contribution in [3.8, 4) is 0 Å². The highest BCUT2D eigenvalue weighted by molar-refractivity contribution is 5.29. The third-order valence-electron chi connectivity index (χ3n) is 1.77. The van der Waals surface area contributed by atoms with E-state index in [-0.39, 0.29) is 0 Å². The lowest BCUT2D eigenvalue weighted by Crippen LogP contribution is -2.37. The Kier molecular flexibility index (Phi) is 3.22. The fraction of sp³-hybridized carbons (Fsp3) is 0.333. The minimum atomic E-state index is -0.429. The average Bonchev–Trinajstić information content (AvgIpc) is 2.30. The molecule has 0 heterocycles. The molecule has 1 aliphatic rings. The molecule has 0 aromatic carbocycles. The van der Waals surface area contributed by atoms with Crippen LogP contribution in [0.3, 0.4) is 0 Å². The maximum absolute atomic E-state index is 9.08. The number of hydrogen-bond acceptors (Lipinski definition) is 3. The van der Waals surface area contributed by atoms with Crippen LogP contribution < -0.4 is 5.73 Å². The molecule has 0 aliphatic heterocycles. The molecule has 0 saturated carbocycles. The van der Waals surface area contributed by atoms with Gasteiger partial charge in [-0.25, -0.2) is 0 Å². The van der Waals surface area contributed by atoms with Crippen molar-refractivity contribution in [2.24, 2.45) is 5.73 Å². The second-order valence-corrected chi connectivity index (χ2v) is 2.75. The van der Waals surface area contributed by atoms with E-state index in [0.29, 0.717) is 0 Å². The largest absolute Gasteiger partial charge is 0.312 e. The first-order valence-corrected chi connectivity index (χ1v) is 3.92. The van der Waals surface area contributed by atoms with E-state index >= 15 is 0 Å². The summed E-state index contributed by atoms with van der Waals surface area (Å²) in [6, 6.07) is 0. The summed E-state index contributed by atoms with van der Waals surface area (Å²) in [5.74, 6) is 0. The lowest BCUT2D eigenvalue weighted by atomic mass is 10.2. The van der Waals surface area contributed by atoms with Gasteiger partial charge in [-0.3, -0.25) is 0 Å². The van der Waals surface area contributed by atoms with Gasteiger partial charge in [0, 0.05) is 7.05 Å². The van der Waals surface area contributed by atoms with E-state index in [1.54, 1.807) is 0 Å². The van der Waals surface area contributed by atoms with Gasteiger partial charge in [0.2, 0.25) is 0 Å². The second kappa shape index (κ2) is 4.21. The lowest BCUT2D eigenvalue weighted by molar-refractivity contribution is -0.0885. The number of hydroxylamine groups is 2. The Balaban J connectivity index is 2.68. The minimum absolute atomic E-state index is 0.429. The third-order valence-corrected chi connectivity index (χ3v) is 1.77. The Bertz CT molecular complexity index is 229. The number of rotatable bonds is 2. The highest BCUT2D eigenvalue weighted by atomic mass is 16.5. The van der Waals surface area contributed by atoms with Crippen LogP contribution in [0.1, 0.15) is 6.42 Å². The molecule has 3 N–H and O–H groups in total. The van der Waals surface area contributed by atoms with Crippen LogP contribution in [0.25, 0.3) is 0 Å². The SMILES string of the molecule is CN(O)C(N)C1=CCC=CC=C1. The molecule has 12 heavy (non-hydrogen) atoms. The molecule has 3 heteroatoms. The van der Waals surface area contributed by atoms with Crippen molar-refractivity contribution in [3.05, 3.63) is 36.0 Å². The fourth-order valence-corrected chi connectivity index (χ4v) is 1.03. The number of likely N-dealkylation sites (N-methyl/N-ethyl adjacent to an activating group) is 1. The van der Waals surface area contributed by atoms with Crippen LogP contribution in [0.5, 0.6) is 0 Å². The van der Waals surface area contributed by atoms with Crippen molar-refractivity contribution in [1.29, 1.82) is 0 Å². The third kappa shape index (κ3) is 2.30. The topological polar surface area (TPSA) is 49.5 Å². The summed E-state index contributed by atoms with van der Waals surface area (Å²) < 4.78 is 0. The van der Waals surface area contributed by atoms with Crippen LogP contribution >= 0.6 is 0 Å². The molecule has 1 atom stereocenters. The van der Waals surface area contributed by atoms with E-state index in [4.69, 9.17) is 10.9 Å². The first-order valence-electron chi connectivity index (χ1n) is 3.92. The zero-order chi connectivity index (χ0) is 8.97. The molecule has 3 nitrogen and oxygen atoms in total. The number of allylic oxidation sites excluding steroid dienone is 4. The van der Waals surface area contributed by atoms with Gasteiger partial charge in [0.25, 0.3) is 0 Å². The normalized spacial score (nSPS) is 19.2. The molecule has 1 unspecified atom stereocenters. The molecule has 0 spiro atoms. The first kappa shape index (κ1) is 9.19. The molecule has 0 bridgehead atoms. The van der Waals surface area contributed by atoms with Crippen LogP contribution in [0.2, 0.25) is 0 Å². The van der Waals surface area contributed by atoms with E-state index < -0.39 is 6.17 Å². The molecule has 0 aromatic rings. The second-order valence-electron chi connectivity index (χ2n) is 2.75. The van der Waals surface area contributed by atoms with Crippen molar-refractivity contribution in [2.75, 3.05) is 7.05 Å². The summed E-state index contributed by atoms with van der Waals surface area (Å²) in [5.41, 5.74) is 6.62. The van der Waals surface area contributed by atoms with Gasteiger partial charge in [-0.2, -0.15) is 5.06 Å². The zero-order valence-electron chi connectivity index (χ0n) is 7.14. The van der Waals surface area contributed by atoms with Gasteiger partial charge >= 0.3 is 0 Å². The monoisotopic (exact) mass is 166 g/mol. The van der Waals surface area contributed by atoms with Gasteiger partial charge in [-0.1, -0.05) is 30.4 Å². The molecule has 1 rings (SSSR count). The summed E-state index contributed by atoms with van der Waals surface area (Å²) in [5, 5.41) is 10.1. The molecule has 66 valence electrons. The molecule has 0 aromatic heterocycles. The van der Waals surface area contributed by atoms with Crippen LogP contribution in [-0.2, 0) is 0 Å². The van der Waals surface area contributed by atoms with E-state index in [9.17, 15) is 0 Å². The first-order chi connectivity index (χ1) is 5.72. The van der Waals surface area contributed by atoms with Gasteiger partial charge in [-0.05, 0) is 12.0 Å². The summed E-state index contributed by atoms with van der Waals surface area (Å²) in [6.45, 7) is 0. The van der Waals surface area contributed by atoms with E-state index in [1.807, 2.05) is 30.4 Å². The van der Waals surface area contributed by atoms with Crippen LogP contribution in [0.15, 0.2) is 36.0 Å². The average molecular weight is 166 g/mol. The van der Waals surface area contributed by atoms with Crippen molar-refractivity contribution in [1.82, 2.24) is 5.06 Å². The quantitative estimate of drug-likeness (QED) is 0.476. The van der Waals surface area contributed by atoms with E-state index in [1.165, 1.54) is 7.05 Å². The summed E-state index contributed by atoms with van der Waals surface area (Å²) >= 11 is 0. The summed E-state index contributed by atoms with van der Waals surface area (Å²) in [4.78, 5) is 0. The number of nitrogens with two attached hydrogens (primary N) is 1. The Morgan fingerprint density at radius 2 is 2.33 bits per heavy atom. The summed E-state index contributed by atoms with van der Waals surface area (Å²) in [7, 11) is 1.54. The predicted molar refractivity (Wildman–Crippen MR) is 48.5 cm³/mol. The van der Waals surface area contributed by atoms with Gasteiger partial charge in [-0.15, -0.1) is 0 Å². The molecule has 1 aliphatic carbocycles. The van der Waals surface area contributed by atoms with E-state index in [0.717, 1.165) is 17.1 Å². The van der Waals surface area contributed by atoms with Crippen molar-refractivity contribution < 1.29 is 5.21 Å². The van der Waals surface area contributed by atoms with E-state index in [2.05, 4.69) is 0 Å². The van der Waals surface area contributed by atoms with Gasteiger partial charge < -0.3 is 10.9 Å². The predicted octanol–water partition coefficient (Wildman–Crippen LogP) is 1.03. The standard InChI is InChI=1S/C9H14N2O/c1-11(12)9(10)8-6-4-2-3-5-7-8/h2-4,6-7,9,12H,5,10H2,1H3. The molecule has 0 fully saturated rings. The minimum Gasteiger partial charge on any atom is -0.312 e. The van der Waals surface area contributed by atoms with Gasteiger partial charge in [0.05, 0.1) is 0 Å². The maximum atomic E-state index is 9.08. The Hall–Kier alpha value is -0.900. The molecular weight excluding hydrogens is 152 g/mol. The molecule has 0 saturated heterocycles. The number of hydrogen-bond donors (Lipinski definition) is 2. The van der Waals surface area contributed by atoms with Crippen molar-refractivity contribution in [3.63, 3.8) is 0 Å². The molecule has 0 radical (unpaired) electrons. The van der Waals surface area contributed by atoms with Gasteiger partial charge in [0.1, 0.15) is 6.17 Å². The van der Waals surface area contributed by atoms with Crippen LogP contribution in [0, 0.1) is 0 Å². The summed E-state index contributed by atoms with van der Waals surface area (Å²) in [6.07, 6.45) is 10.3. The molecular formula is C9H14N2O. The van der Waals surface area contributed by atoms with Crippen LogP contribution in [0.4, 0.5) is 0 Å². The lowest BCUT2D eigenvalue weighted by Gasteiger charge is -2.18. The number of nitrogens with zero attached hydrogens (tertiary/aromatic N) is 1. The van der Waals surface area contributed by atoms with Crippen molar-refractivity contribution in [2.45, 2.75) is 12.6 Å². The Morgan fingerprint density at radius 3 is 3.00 bits per heavy atom. The van der Waals surface area contributed by atoms with Gasteiger partial charge in [0.15, 0.2) is 0 Å². The fourth-order valence-electron chi connectivity index (χ4n) is 1.03. The van der Waals surface area contributed by atoms with Crippen LogP contribution in [-0.4, -0.2) is 23.5 Å². The Morgan fingerprint density at radius 1 is 1.58 bits per heavy atom. The molecule has 0 amide bonds. The highest BCUT2D eigenvalue weighted by Crippen LogP contribution is 2.09.